The van der Waals surface area contributed by atoms with E-state index in [0.717, 1.165) is 31.8 Å². The van der Waals surface area contributed by atoms with Crippen LogP contribution in [-0.4, -0.2) is 49.5 Å². The van der Waals surface area contributed by atoms with Crippen molar-refractivity contribution < 1.29 is 14.6 Å². The maximum atomic E-state index is 9.55. The Bertz CT molecular complexity index is 465. The van der Waals surface area contributed by atoms with Crippen molar-refractivity contribution in [2.24, 2.45) is 5.41 Å². The summed E-state index contributed by atoms with van der Waals surface area (Å²) in [6, 6.07) is 6.41. The lowest BCUT2D eigenvalue weighted by Crippen LogP contribution is -2.53. The fourth-order valence-electron chi connectivity index (χ4n) is 3.08. The number of hydrogen-bond donors (Lipinski definition) is 1. The van der Waals surface area contributed by atoms with Gasteiger partial charge in [-0.1, -0.05) is 6.07 Å². The molecule has 3 rings (SSSR count). The van der Waals surface area contributed by atoms with Crippen molar-refractivity contribution in [2.45, 2.75) is 19.9 Å². The van der Waals surface area contributed by atoms with Gasteiger partial charge in [-0.05, 0) is 36.6 Å². The number of nitrogens with zero attached hydrogens (tertiary/aromatic N) is 1. The molecule has 4 nitrogen and oxygen atoms in total. The first-order valence-electron chi connectivity index (χ1n) is 7.40. The van der Waals surface area contributed by atoms with Crippen LogP contribution in [0.25, 0.3) is 0 Å². The predicted octanol–water partition coefficient (Wildman–Crippen LogP) is 1.45. The Morgan fingerprint density at radius 3 is 2.85 bits per heavy atom. The Morgan fingerprint density at radius 2 is 2.20 bits per heavy atom. The van der Waals surface area contributed by atoms with Gasteiger partial charge >= 0.3 is 0 Å². The molecule has 0 saturated carbocycles. The highest BCUT2D eigenvalue weighted by Crippen LogP contribution is 2.31. The minimum atomic E-state index is -0.0327. The topological polar surface area (TPSA) is 41.9 Å². The summed E-state index contributed by atoms with van der Waals surface area (Å²) in [7, 11) is 0. The molecule has 4 heteroatoms. The van der Waals surface area contributed by atoms with Gasteiger partial charge in [-0.25, -0.2) is 0 Å². The number of aliphatic hydroxyl groups excluding tert-OH is 1. The van der Waals surface area contributed by atoms with E-state index < -0.39 is 0 Å². The largest absolute Gasteiger partial charge is 0.494 e. The summed E-state index contributed by atoms with van der Waals surface area (Å²) in [5, 5.41) is 9.55. The quantitative estimate of drug-likeness (QED) is 0.884. The molecule has 0 atom stereocenters. The first-order chi connectivity index (χ1) is 9.74. The number of hydrogen-bond acceptors (Lipinski definition) is 4. The number of fused-ring (bicyclic) bond motifs is 1. The molecule has 0 aromatic heterocycles. The lowest BCUT2D eigenvalue weighted by atomic mass is 9.85. The van der Waals surface area contributed by atoms with Gasteiger partial charge in [0.1, 0.15) is 5.75 Å². The normalized spacial score (nSPS) is 21.1. The standard InChI is InChI=1S/C16H23NO3/c1-2-20-15-4-3-13-5-6-17(8-14(13)7-15)9-16(10-18)11-19-12-16/h3-4,7,18H,2,5-6,8-12H2,1H3. The van der Waals surface area contributed by atoms with Crippen LogP contribution >= 0.6 is 0 Å². The van der Waals surface area contributed by atoms with Crippen LogP contribution in [0.3, 0.4) is 0 Å². The molecule has 2 heterocycles. The Balaban J connectivity index is 1.69. The van der Waals surface area contributed by atoms with Gasteiger partial charge in [0, 0.05) is 19.6 Å². The fourth-order valence-corrected chi connectivity index (χ4v) is 3.08. The first kappa shape index (κ1) is 13.9. The maximum Gasteiger partial charge on any atom is 0.119 e. The van der Waals surface area contributed by atoms with E-state index in [0.29, 0.717) is 19.8 Å². The average Bonchev–Trinajstić information content (AvgIpc) is 2.43. The monoisotopic (exact) mass is 277 g/mol. The van der Waals surface area contributed by atoms with Crippen LogP contribution in [0.2, 0.25) is 0 Å². The Kier molecular flexibility index (Phi) is 3.96. The SMILES string of the molecule is CCOc1ccc2c(c1)CN(CC1(CO)COC1)CC2. The maximum absolute atomic E-state index is 9.55. The van der Waals surface area contributed by atoms with E-state index in [4.69, 9.17) is 9.47 Å². The molecule has 1 aromatic carbocycles. The zero-order valence-electron chi connectivity index (χ0n) is 12.1. The van der Waals surface area contributed by atoms with E-state index in [1.165, 1.54) is 11.1 Å². The van der Waals surface area contributed by atoms with Crippen LogP contribution in [0.4, 0.5) is 0 Å². The van der Waals surface area contributed by atoms with E-state index in [1.807, 2.05) is 6.92 Å². The van der Waals surface area contributed by atoms with Gasteiger partial charge in [0.15, 0.2) is 0 Å². The summed E-state index contributed by atoms with van der Waals surface area (Å²) >= 11 is 0. The molecule has 20 heavy (non-hydrogen) atoms. The first-order valence-corrected chi connectivity index (χ1v) is 7.40. The molecule has 1 saturated heterocycles. The van der Waals surface area contributed by atoms with Gasteiger partial charge in [-0.15, -0.1) is 0 Å². The van der Waals surface area contributed by atoms with Gasteiger partial charge in [-0.3, -0.25) is 4.90 Å². The lowest BCUT2D eigenvalue weighted by Gasteiger charge is -2.44. The van der Waals surface area contributed by atoms with E-state index in [9.17, 15) is 5.11 Å². The second-order valence-electron chi connectivity index (χ2n) is 5.98. The van der Waals surface area contributed by atoms with E-state index in [1.54, 1.807) is 0 Å². The number of benzene rings is 1. The fraction of sp³-hybridized carbons (Fsp3) is 0.625. The van der Waals surface area contributed by atoms with Crippen molar-refractivity contribution in [3.63, 3.8) is 0 Å². The van der Waals surface area contributed by atoms with Gasteiger partial charge in [0.05, 0.1) is 31.8 Å². The zero-order chi connectivity index (χ0) is 14.0. The van der Waals surface area contributed by atoms with Crippen molar-refractivity contribution in [1.82, 2.24) is 4.90 Å². The smallest absolute Gasteiger partial charge is 0.119 e. The molecule has 2 aliphatic heterocycles. The third kappa shape index (κ3) is 2.68. The summed E-state index contributed by atoms with van der Waals surface area (Å²) < 4.78 is 10.9. The third-order valence-electron chi connectivity index (χ3n) is 4.29. The second kappa shape index (κ2) is 5.72. The molecule has 0 radical (unpaired) electrons. The van der Waals surface area contributed by atoms with Gasteiger partial charge in [-0.2, -0.15) is 0 Å². The molecule has 0 amide bonds. The lowest BCUT2D eigenvalue weighted by molar-refractivity contribution is -0.149. The van der Waals surface area contributed by atoms with Crippen molar-refractivity contribution in [3.05, 3.63) is 29.3 Å². The van der Waals surface area contributed by atoms with Crippen LogP contribution in [0.15, 0.2) is 18.2 Å². The molecule has 0 spiro atoms. The average molecular weight is 277 g/mol. The summed E-state index contributed by atoms with van der Waals surface area (Å²) in [6.07, 6.45) is 1.07. The highest BCUT2D eigenvalue weighted by Gasteiger charge is 2.40. The van der Waals surface area contributed by atoms with Gasteiger partial charge < -0.3 is 14.6 Å². The molecular weight excluding hydrogens is 254 g/mol. The van der Waals surface area contributed by atoms with Crippen molar-refractivity contribution in [1.29, 1.82) is 0 Å². The molecule has 0 aliphatic carbocycles. The Labute approximate surface area is 120 Å². The number of rotatable bonds is 5. The van der Waals surface area contributed by atoms with Crippen LogP contribution in [-0.2, 0) is 17.7 Å². The minimum absolute atomic E-state index is 0.0327. The molecule has 1 aromatic rings. The van der Waals surface area contributed by atoms with Gasteiger partial charge in [0.2, 0.25) is 0 Å². The van der Waals surface area contributed by atoms with Crippen LogP contribution in [0.1, 0.15) is 18.1 Å². The summed E-state index contributed by atoms with van der Waals surface area (Å²) in [5.74, 6) is 0.956. The van der Waals surface area contributed by atoms with Crippen LogP contribution in [0.5, 0.6) is 5.75 Å². The highest BCUT2D eigenvalue weighted by molar-refractivity contribution is 5.37. The third-order valence-corrected chi connectivity index (χ3v) is 4.29. The Morgan fingerprint density at radius 1 is 1.35 bits per heavy atom. The van der Waals surface area contributed by atoms with Crippen molar-refractivity contribution >= 4 is 0 Å². The highest BCUT2D eigenvalue weighted by atomic mass is 16.5. The molecule has 1 N–H and O–H groups in total. The predicted molar refractivity (Wildman–Crippen MR) is 76.9 cm³/mol. The van der Waals surface area contributed by atoms with E-state index in [-0.39, 0.29) is 12.0 Å². The van der Waals surface area contributed by atoms with E-state index >= 15 is 0 Å². The minimum Gasteiger partial charge on any atom is -0.494 e. The second-order valence-corrected chi connectivity index (χ2v) is 5.98. The van der Waals surface area contributed by atoms with Crippen molar-refractivity contribution in [3.8, 4) is 5.75 Å². The Hall–Kier alpha value is -1.10. The molecule has 2 aliphatic rings. The number of ether oxygens (including phenoxy) is 2. The molecule has 110 valence electrons. The summed E-state index contributed by atoms with van der Waals surface area (Å²) in [5.41, 5.74) is 2.75. The molecule has 1 fully saturated rings. The molecule has 0 unspecified atom stereocenters. The molecule has 0 bridgehead atoms. The van der Waals surface area contributed by atoms with E-state index in [2.05, 4.69) is 23.1 Å². The van der Waals surface area contributed by atoms with Gasteiger partial charge in [0.25, 0.3) is 0 Å². The summed E-state index contributed by atoms with van der Waals surface area (Å²) in [6.45, 7) is 7.22. The van der Waals surface area contributed by atoms with Crippen molar-refractivity contribution in [2.75, 3.05) is 39.5 Å². The molecular formula is C16H23NO3. The zero-order valence-corrected chi connectivity index (χ0v) is 12.1. The van der Waals surface area contributed by atoms with Crippen LogP contribution < -0.4 is 4.74 Å². The summed E-state index contributed by atoms with van der Waals surface area (Å²) in [4.78, 5) is 2.43. The number of aliphatic hydroxyl groups is 1. The van der Waals surface area contributed by atoms with Crippen LogP contribution in [0, 0.1) is 5.41 Å².